The summed E-state index contributed by atoms with van der Waals surface area (Å²) < 4.78 is 20.9. The van der Waals surface area contributed by atoms with E-state index < -0.39 is 30.5 Å². The molecule has 1 aliphatic heterocycles. The van der Waals surface area contributed by atoms with Crippen molar-refractivity contribution in [2.24, 2.45) is 0 Å². The van der Waals surface area contributed by atoms with E-state index in [9.17, 15) is 14.4 Å². The second kappa shape index (κ2) is 9.56. The Morgan fingerprint density at radius 2 is 1.86 bits per heavy atom. The maximum Gasteiger partial charge on any atom is 0.338 e. The zero-order valence-corrected chi connectivity index (χ0v) is 15.7. The third-order valence-corrected chi connectivity index (χ3v) is 3.93. The Labute approximate surface area is 166 Å². The van der Waals surface area contributed by atoms with Gasteiger partial charge in [0.2, 0.25) is 6.10 Å². The third-order valence-electron chi connectivity index (χ3n) is 3.93. The number of fused-ring (bicyclic) bond motifs is 1. The van der Waals surface area contributed by atoms with Crippen molar-refractivity contribution < 1.29 is 33.3 Å². The van der Waals surface area contributed by atoms with E-state index in [1.54, 1.807) is 55.6 Å². The minimum absolute atomic E-state index is 0.00547. The Hall–Kier alpha value is -3.59. The molecule has 0 saturated heterocycles. The van der Waals surface area contributed by atoms with Gasteiger partial charge in [-0.3, -0.25) is 20.4 Å². The standard InChI is InChI=1S/C20H20N2O7/c1-26-10-13-5-4-6-14(9-13)20(25)28-12-18(23)21-22-19(24)17-11-27-15-7-2-3-8-16(15)29-17/h2-9,17H,10-12H2,1H3,(H,21,23)(H,22,24)/t17-/m1/s1. The van der Waals surface area contributed by atoms with Crippen LogP contribution in [0.4, 0.5) is 0 Å². The van der Waals surface area contributed by atoms with Crippen molar-refractivity contribution in [2.45, 2.75) is 12.7 Å². The van der Waals surface area contributed by atoms with Gasteiger partial charge in [-0.25, -0.2) is 4.79 Å². The van der Waals surface area contributed by atoms with Crippen LogP contribution in [0.3, 0.4) is 0 Å². The molecule has 2 aromatic carbocycles. The number of para-hydroxylation sites is 2. The van der Waals surface area contributed by atoms with Gasteiger partial charge in [0.25, 0.3) is 11.8 Å². The van der Waals surface area contributed by atoms with E-state index in [1.807, 2.05) is 0 Å². The highest BCUT2D eigenvalue weighted by Gasteiger charge is 2.27. The van der Waals surface area contributed by atoms with Gasteiger partial charge in [-0.2, -0.15) is 0 Å². The van der Waals surface area contributed by atoms with E-state index in [0.717, 1.165) is 5.56 Å². The van der Waals surface area contributed by atoms with Gasteiger partial charge in [0.1, 0.15) is 6.61 Å². The first-order chi connectivity index (χ1) is 14.1. The molecule has 0 aliphatic carbocycles. The minimum Gasteiger partial charge on any atom is -0.485 e. The van der Waals surface area contributed by atoms with Gasteiger partial charge in [-0.15, -0.1) is 0 Å². The molecule has 1 heterocycles. The van der Waals surface area contributed by atoms with E-state index in [4.69, 9.17) is 18.9 Å². The van der Waals surface area contributed by atoms with Crippen molar-refractivity contribution in [2.75, 3.05) is 20.3 Å². The maximum atomic E-state index is 12.1. The summed E-state index contributed by atoms with van der Waals surface area (Å²) in [6.07, 6.45) is -0.920. The van der Waals surface area contributed by atoms with Gasteiger partial charge < -0.3 is 18.9 Å². The molecule has 3 rings (SSSR count). The predicted octanol–water partition coefficient (Wildman–Crippen LogP) is 0.977. The number of hydrazine groups is 1. The van der Waals surface area contributed by atoms with Crippen LogP contribution in [0.25, 0.3) is 0 Å². The monoisotopic (exact) mass is 400 g/mol. The number of esters is 1. The van der Waals surface area contributed by atoms with Crippen molar-refractivity contribution in [3.05, 3.63) is 59.7 Å². The number of hydrogen-bond acceptors (Lipinski definition) is 7. The molecule has 0 fully saturated rings. The van der Waals surface area contributed by atoms with E-state index in [1.165, 1.54) is 0 Å². The fraction of sp³-hybridized carbons (Fsp3) is 0.250. The fourth-order valence-electron chi connectivity index (χ4n) is 2.57. The minimum atomic E-state index is -0.920. The van der Waals surface area contributed by atoms with Gasteiger partial charge in [0.15, 0.2) is 18.1 Å². The molecule has 152 valence electrons. The Kier molecular flexibility index (Phi) is 6.64. The predicted molar refractivity (Wildman–Crippen MR) is 100 cm³/mol. The van der Waals surface area contributed by atoms with Gasteiger partial charge in [0, 0.05) is 7.11 Å². The van der Waals surface area contributed by atoms with Crippen LogP contribution < -0.4 is 20.3 Å². The molecule has 1 atom stereocenters. The van der Waals surface area contributed by atoms with Crippen molar-refractivity contribution in [1.82, 2.24) is 10.9 Å². The molecule has 29 heavy (non-hydrogen) atoms. The number of methoxy groups -OCH3 is 1. The third kappa shape index (κ3) is 5.45. The number of amides is 2. The average molecular weight is 400 g/mol. The molecule has 2 aromatic rings. The number of carbonyl (C=O) groups is 3. The quantitative estimate of drug-likeness (QED) is 0.549. The van der Waals surface area contributed by atoms with Crippen molar-refractivity contribution >= 4 is 17.8 Å². The molecule has 2 amide bonds. The number of rotatable bonds is 6. The average Bonchev–Trinajstić information content (AvgIpc) is 2.75. The topological polar surface area (TPSA) is 112 Å². The highest BCUT2D eigenvalue weighted by molar-refractivity contribution is 5.92. The first-order valence-electron chi connectivity index (χ1n) is 8.79. The van der Waals surface area contributed by atoms with Gasteiger partial charge in [0.05, 0.1) is 12.2 Å². The molecule has 9 nitrogen and oxygen atoms in total. The summed E-state index contributed by atoms with van der Waals surface area (Å²) in [6, 6.07) is 13.6. The van der Waals surface area contributed by atoms with Gasteiger partial charge in [-0.1, -0.05) is 24.3 Å². The van der Waals surface area contributed by atoms with Crippen LogP contribution in [-0.4, -0.2) is 44.2 Å². The molecule has 2 N–H and O–H groups in total. The summed E-state index contributed by atoms with van der Waals surface area (Å²) in [4.78, 5) is 36.0. The van der Waals surface area contributed by atoms with Crippen LogP contribution in [0.15, 0.2) is 48.5 Å². The molecule has 0 aromatic heterocycles. The zero-order valence-electron chi connectivity index (χ0n) is 15.7. The Morgan fingerprint density at radius 3 is 2.66 bits per heavy atom. The largest absolute Gasteiger partial charge is 0.485 e. The van der Waals surface area contributed by atoms with E-state index >= 15 is 0 Å². The lowest BCUT2D eigenvalue weighted by Gasteiger charge is -2.25. The lowest BCUT2D eigenvalue weighted by Crippen LogP contribution is -2.51. The lowest BCUT2D eigenvalue weighted by molar-refractivity contribution is -0.135. The summed E-state index contributed by atoms with van der Waals surface area (Å²) >= 11 is 0. The summed E-state index contributed by atoms with van der Waals surface area (Å²) in [5.41, 5.74) is 5.49. The number of carbonyl (C=O) groups excluding carboxylic acids is 3. The smallest absolute Gasteiger partial charge is 0.338 e. The SMILES string of the molecule is COCc1cccc(C(=O)OCC(=O)NNC(=O)[C@H]2COc3ccccc3O2)c1. The lowest BCUT2D eigenvalue weighted by atomic mass is 10.1. The second-order valence-electron chi connectivity index (χ2n) is 6.11. The van der Waals surface area contributed by atoms with E-state index in [0.29, 0.717) is 23.7 Å². The van der Waals surface area contributed by atoms with Gasteiger partial charge >= 0.3 is 5.97 Å². The first kappa shape index (κ1) is 20.2. The fourth-order valence-corrected chi connectivity index (χ4v) is 2.57. The zero-order chi connectivity index (χ0) is 20.6. The molecular formula is C20H20N2O7. The Balaban J connectivity index is 1.42. The number of benzene rings is 2. The molecule has 0 unspecified atom stereocenters. The summed E-state index contributed by atoms with van der Waals surface area (Å²) in [7, 11) is 1.55. The van der Waals surface area contributed by atoms with Crippen LogP contribution in [-0.2, 0) is 25.7 Å². The maximum absolute atomic E-state index is 12.1. The summed E-state index contributed by atoms with van der Waals surface area (Å²) in [5.74, 6) is -0.967. The molecule has 0 bridgehead atoms. The van der Waals surface area contributed by atoms with Crippen LogP contribution in [0, 0.1) is 0 Å². The molecule has 0 saturated carbocycles. The highest BCUT2D eigenvalue weighted by Crippen LogP contribution is 2.30. The molecular weight excluding hydrogens is 380 g/mol. The van der Waals surface area contributed by atoms with Gasteiger partial charge in [-0.05, 0) is 29.8 Å². The van der Waals surface area contributed by atoms with Crippen molar-refractivity contribution in [1.29, 1.82) is 0 Å². The highest BCUT2D eigenvalue weighted by atomic mass is 16.6. The van der Waals surface area contributed by atoms with Crippen LogP contribution in [0.1, 0.15) is 15.9 Å². The molecule has 0 radical (unpaired) electrons. The van der Waals surface area contributed by atoms with Crippen LogP contribution in [0.5, 0.6) is 11.5 Å². The molecule has 0 spiro atoms. The molecule has 1 aliphatic rings. The number of hydrogen-bond donors (Lipinski definition) is 2. The summed E-state index contributed by atoms with van der Waals surface area (Å²) in [6.45, 7) is -0.199. The molecule has 9 heteroatoms. The Bertz CT molecular complexity index is 900. The Morgan fingerprint density at radius 1 is 1.07 bits per heavy atom. The van der Waals surface area contributed by atoms with Crippen molar-refractivity contribution in [3.8, 4) is 11.5 Å². The normalized spacial score (nSPS) is 14.6. The number of ether oxygens (including phenoxy) is 4. The van der Waals surface area contributed by atoms with E-state index in [2.05, 4.69) is 10.9 Å². The van der Waals surface area contributed by atoms with Crippen LogP contribution >= 0.6 is 0 Å². The number of nitrogens with one attached hydrogen (secondary N) is 2. The van der Waals surface area contributed by atoms with Crippen LogP contribution in [0.2, 0.25) is 0 Å². The first-order valence-corrected chi connectivity index (χ1v) is 8.79. The van der Waals surface area contributed by atoms with E-state index in [-0.39, 0.29) is 6.61 Å². The summed E-state index contributed by atoms with van der Waals surface area (Å²) in [5, 5.41) is 0. The second-order valence-corrected chi connectivity index (χ2v) is 6.11. The van der Waals surface area contributed by atoms with Crippen molar-refractivity contribution in [3.63, 3.8) is 0 Å².